The summed E-state index contributed by atoms with van der Waals surface area (Å²) in [6, 6.07) is 0. The van der Waals surface area contributed by atoms with E-state index < -0.39 is 17.5 Å². The van der Waals surface area contributed by atoms with E-state index in [1.807, 2.05) is 0 Å². The molecule has 4 nitrogen and oxygen atoms in total. The van der Waals surface area contributed by atoms with E-state index in [1.165, 1.54) is 0 Å². The Morgan fingerprint density at radius 3 is 2.43 bits per heavy atom. The summed E-state index contributed by atoms with van der Waals surface area (Å²) in [5.74, 6) is -0.527. The summed E-state index contributed by atoms with van der Waals surface area (Å²) in [7, 11) is 0. The summed E-state index contributed by atoms with van der Waals surface area (Å²) >= 11 is 0. The molecule has 1 unspecified atom stereocenters. The lowest BCUT2D eigenvalue weighted by Gasteiger charge is -2.40. The highest BCUT2D eigenvalue weighted by Crippen LogP contribution is 2.40. The van der Waals surface area contributed by atoms with Crippen LogP contribution in [0.15, 0.2) is 0 Å². The van der Waals surface area contributed by atoms with E-state index in [2.05, 4.69) is 6.92 Å². The zero-order chi connectivity index (χ0) is 10.8. The van der Waals surface area contributed by atoms with E-state index in [9.17, 15) is 9.90 Å². The molecule has 0 saturated heterocycles. The minimum atomic E-state index is -1.31. The van der Waals surface area contributed by atoms with Crippen LogP contribution in [0.2, 0.25) is 0 Å². The number of rotatable bonds is 3. The van der Waals surface area contributed by atoms with Gasteiger partial charge in [0.15, 0.2) is 6.10 Å². The molecule has 1 atom stereocenters. The summed E-state index contributed by atoms with van der Waals surface area (Å²) in [4.78, 5) is 10.7. The van der Waals surface area contributed by atoms with Crippen LogP contribution in [0.1, 0.15) is 32.6 Å². The quantitative estimate of drug-likeness (QED) is 0.624. The van der Waals surface area contributed by atoms with Gasteiger partial charge in [-0.2, -0.15) is 0 Å². The van der Waals surface area contributed by atoms with E-state index in [-0.39, 0.29) is 6.54 Å². The molecule has 1 aliphatic rings. The van der Waals surface area contributed by atoms with Gasteiger partial charge in [-0.1, -0.05) is 19.8 Å². The van der Waals surface area contributed by atoms with Crippen LogP contribution in [0, 0.1) is 11.3 Å². The van der Waals surface area contributed by atoms with Crippen molar-refractivity contribution in [3.63, 3.8) is 0 Å². The fourth-order valence-corrected chi connectivity index (χ4v) is 2.19. The van der Waals surface area contributed by atoms with Gasteiger partial charge in [0.25, 0.3) is 0 Å². The van der Waals surface area contributed by atoms with Gasteiger partial charge in [-0.15, -0.1) is 0 Å². The van der Waals surface area contributed by atoms with Crippen LogP contribution in [-0.4, -0.2) is 28.8 Å². The molecule has 1 rings (SSSR count). The van der Waals surface area contributed by atoms with Gasteiger partial charge in [0, 0.05) is 12.0 Å². The van der Waals surface area contributed by atoms with Crippen molar-refractivity contribution < 1.29 is 15.0 Å². The fourth-order valence-electron chi connectivity index (χ4n) is 2.19. The Hall–Kier alpha value is -0.610. The first-order valence-electron chi connectivity index (χ1n) is 5.13. The second-order valence-electron chi connectivity index (χ2n) is 4.49. The lowest BCUT2D eigenvalue weighted by Crippen LogP contribution is -2.48. The van der Waals surface area contributed by atoms with Crippen molar-refractivity contribution in [1.29, 1.82) is 0 Å². The minimum Gasteiger partial charge on any atom is -0.479 e. The van der Waals surface area contributed by atoms with Crippen LogP contribution in [0.4, 0.5) is 0 Å². The Kier molecular flexibility index (Phi) is 3.50. The van der Waals surface area contributed by atoms with Gasteiger partial charge in [-0.25, -0.2) is 4.79 Å². The van der Waals surface area contributed by atoms with Crippen LogP contribution in [0.25, 0.3) is 0 Å². The van der Waals surface area contributed by atoms with E-state index in [4.69, 9.17) is 10.8 Å². The van der Waals surface area contributed by atoms with Crippen LogP contribution >= 0.6 is 0 Å². The number of nitrogens with two attached hydrogens (primary N) is 1. The lowest BCUT2D eigenvalue weighted by atomic mass is 9.67. The molecule has 82 valence electrons. The van der Waals surface area contributed by atoms with Crippen molar-refractivity contribution in [2.75, 3.05) is 6.54 Å². The molecular weight excluding hydrogens is 182 g/mol. The van der Waals surface area contributed by atoms with Crippen LogP contribution < -0.4 is 5.73 Å². The molecule has 0 aromatic rings. The molecule has 0 radical (unpaired) electrons. The Morgan fingerprint density at radius 1 is 1.57 bits per heavy atom. The maximum absolute atomic E-state index is 10.7. The Balaban J connectivity index is 2.71. The van der Waals surface area contributed by atoms with Crippen molar-refractivity contribution in [3.8, 4) is 0 Å². The molecule has 0 heterocycles. The number of carboxylic acids is 1. The van der Waals surface area contributed by atoms with E-state index >= 15 is 0 Å². The van der Waals surface area contributed by atoms with E-state index in [0.29, 0.717) is 5.92 Å². The summed E-state index contributed by atoms with van der Waals surface area (Å²) in [6.07, 6.45) is 2.05. The number of aliphatic hydroxyl groups excluding tert-OH is 1. The SMILES string of the molecule is CC1CCC(CN)(C(O)C(=O)O)CC1. The third-order valence-corrected chi connectivity index (χ3v) is 3.49. The van der Waals surface area contributed by atoms with Gasteiger partial charge in [0.05, 0.1) is 0 Å². The summed E-state index contributed by atoms with van der Waals surface area (Å²) < 4.78 is 0. The zero-order valence-corrected chi connectivity index (χ0v) is 8.57. The molecule has 0 bridgehead atoms. The minimum absolute atomic E-state index is 0.257. The Bertz CT molecular complexity index is 209. The fraction of sp³-hybridized carbons (Fsp3) is 0.900. The number of hydrogen-bond acceptors (Lipinski definition) is 3. The number of aliphatic carboxylic acids is 1. The first kappa shape index (κ1) is 11.5. The first-order valence-corrected chi connectivity index (χ1v) is 5.13. The van der Waals surface area contributed by atoms with Crippen molar-refractivity contribution in [2.45, 2.75) is 38.7 Å². The second-order valence-corrected chi connectivity index (χ2v) is 4.49. The number of aliphatic hydroxyl groups is 1. The highest BCUT2D eigenvalue weighted by Gasteiger charge is 2.42. The van der Waals surface area contributed by atoms with Crippen LogP contribution in [0.3, 0.4) is 0 Å². The molecule has 0 aromatic carbocycles. The zero-order valence-electron chi connectivity index (χ0n) is 8.57. The molecule has 4 N–H and O–H groups in total. The summed E-state index contributed by atoms with van der Waals surface area (Å²) in [5, 5.41) is 18.4. The predicted molar refractivity (Wildman–Crippen MR) is 52.8 cm³/mol. The van der Waals surface area contributed by atoms with E-state index in [0.717, 1.165) is 25.7 Å². The Morgan fingerprint density at radius 2 is 2.07 bits per heavy atom. The molecule has 1 fully saturated rings. The molecular formula is C10H19NO3. The largest absolute Gasteiger partial charge is 0.479 e. The number of carboxylic acid groups (broad SMARTS) is 1. The molecule has 4 heteroatoms. The van der Waals surface area contributed by atoms with Gasteiger partial charge < -0.3 is 15.9 Å². The maximum Gasteiger partial charge on any atom is 0.333 e. The van der Waals surface area contributed by atoms with Crippen molar-refractivity contribution in [3.05, 3.63) is 0 Å². The van der Waals surface area contributed by atoms with Crippen molar-refractivity contribution in [2.24, 2.45) is 17.1 Å². The smallest absolute Gasteiger partial charge is 0.333 e. The topological polar surface area (TPSA) is 83.5 Å². The van der Waals surface area contributed by atoms with E-state index in [1.54, 1.807) is 0 Å². The van der Waals surface area contributed by atoms with Crippen molar-refractivity contribution >= 4 is 5.97 Å². The second kappa shape index (κ2) is 4.28. The average molecular weight is 201 g/mol. The molecule has 0 spiro atoms. The van der Waals surface area contributed by atoms with Gasteiger partial charge >= 0.3 is 5.97 Å². The average Bonchev–Trinajstić information content (AvgIpc) is 2.18. The van der Waals surface area contributed by atoms with Gasteiger partial charge in [0.1, 0.15) is 0 Å². The first-order chi connectivity index (χ1) is 6.52. The highest BCUT2D eigenvalue weighted by atomic mass is 16.4. The van der Waals surface area contributed by atoms with Gasteiger partial charge in [-0.05, 0) is 18.8 Å². The van der Waals surface area contributed by atoms with Gasteiger partial charge in [-0.3, -0.25) is 0 Å². The maximum atomic E-state index is 10.7. The predicted octanol–water partition coefficient (Wildman–Crippen LogP) is 0.587. The van der Waals surface area contributed by atoms with Gasteiger partial charge in [0.2, 0.25) is 0 Å². The third-order valence-electron chi connectivity index (χ3n) is 3.49. The number of carbonyl (C=O) groups is 1. The van der Waals surface area contributed by atoms with Crippen LogP contribution in [0.5, 0.6) is 0 Å². The number of hydrogen-bond donors (Lipinski definition) is 3. The van der Waals surface area contributed by atoms with Crippen molar-refractivity contribution in [1.82, 2.24) is 0 Å². The molecule has 0 amide bonds. The standard InChI is InChI=1S/C10H19NO3/c1-7-2-4-10(6-11,5-3-7)8(12)9(13)14/h7-8,12H,2-6,11H2,1H3,(H,13,14). The monoisotopic (exact) mass is 201 g/mol. The summed E-state index contributed by atoms with van der Waals surface area (Å²) in [5.41, 5.74) is 5.01. The third kappa shape index (κ3) is 2.07. The molecule has 1 saturated carbocycles. The van der Waals surface area contributed by atoms with Crippen LogP contribution in [-0.2, 0) is 4.79 Å². The highest BCUT2D eigenvalue weighted by molar-refractivity contribution is 5.73. The Labute approximate surface area is 84.1 Å². The molecule has 1 aliphatic carbocycles. The lowest BCUT2D eigenvalue weighted by molar-refractivity contribution is -0.156. The molecule has 14 heavy (non-hydrogen) atoms. The molecule has 0 aliphatic heterocycles. The normalized spacial score (nSPS) is 35.2. The molecule has 0 aromatic heterocycles. The summed E-state index contributed by atoms with van der Waals surface area (Å²) in [6.45, 7) is 2.40.